The first-order chi connectivity index (χ1) is 9.24. The van der Waals surface area contributed by atoms with Crippen LogP contribution in [0.4, 0.5) is 4.39 Å². The Labute approximate surface area is 115 Å². The van der Waals surface area contributed by atoms with Crippen molar-refractivity contribution in [3.05, 3.63) is 29.1 Å². The van der Waals surface area contributed by atoms with E-state index >= 15 is 0 Å². The van der Waals surface area contributed by atoms with E-state index in [0.717, 1.165) is 35.8 Å². The van der Waals surface area contributed by atoms with Crippen molar-refractivity contribution < 1.29 is 9.13 Å². The molecule has 0 amide bonds. The maximum Gasteiger partial charge on any atom is 0.168 e. The molecule has 0 atom stereocenters. The molecule has 104 valence electrons. The summed E-state index contributed by atoms with van der Waals surface area (Å²) in [5.41, 5.74) is 1.95. The van der Waals surface area contributed by atoms with Crippen LogP contribution < -0.4 is 4.74 Å². The van der Waals surface area contributed by atoms with Crippen LogP contribution in [0, 0.1) is 24.6 Å². The van der Waals surface area contributed by atoms with Crippen LogP contribution in [0.3, 0.4) is 0 Å². The van der Waals surface area contributed by atoms with Crippen LogP contribution in [-0.2, 0) is 6.42 Å². The van der Waals surface area contributed by atoms with Crippen LogP contribution in [0.15, 0.2) is 12.1 Å². The molecule has 0 aliphatic heterocycles. The minimum atomic E-state index is -0.146. The molecule has 0 unspecified atom stereocenters. The lowest BCUT2D eigenvalue weighted by molar-refractivity contribution is 0.286. The van der Waals surface area contributed by atoms with Gasteiger partial charge in [0.1, 0.15) is 0 Å². The van der Waals surface area contributed by atoms with Gasteiger partial charge in [0.15, 0.2) is 11.6 Å². The molecular formula is C17H23FO. The van der Waals surface area contributed by atoms with Gasteiger partial charge in [-0.3, -0.25) is 0 Å². The number of hydrogen-bond acceptors (Lipinski definition) is 1. The summed E-state index contributed by atoms with van der Waals surface area (Å²) in [7, 11) is 0. The predicted molar refractivity (Wildman–Crippen MR) is 75.0 cm³/mol. The molecule has 1 aromatic rings. The molecule has 1 nitrogen and oxygen atoms in total. The van der Waals surface area contributed by atoms with E-state index < -0.39 is 0 Å². The lowest BCUT2D eigenvalue weighted by atomic mass is 9.80. The Balaban J connectivity index is 1.62. The van der Waals surface area contributed by atoms with Crippen molar-refractivity contribution in [2.75, 3.05) is 6.61 Å². The molecule has 0 N–H and O–H groups in total. The van der Waals surface area contributed by atoms with Gasteiger partial charge in [-0.1, -0.05) is 38.2 Å². The molecule has 2 fully saturated rings. The molecule has 0 bridgehead atoms. The highest BCUT2D eigenvalue weighted by atomic mass is 19.1. The fourth-order valence-electron chi connectivity index (χ4n) is 2.78. The highest BCUT2D eigenvalue weighted by molar-refractivity contribution is 5.37. The van der Waals surface area contributed by atoms with Gasteiger partial charge in [0, 0.05) is 0 Å². The SMILES string of the molecule is Cc1c(CC2CCC2)ccc(OCCC2CC2)c1F. The maximum absolute atomic E-state index is 14.2. The van der Waals surface area contributed by atoms with Crippen LogP contribution in [0.1, 0.15) is 49.7 Å². The molecule has 2 aliphatic rings. The van der Waals surface area contributed by atoms with Crippen LogP contribution in [-0.4, -0.2) is 6.61 Å². The first-order valence-electron chi connectivity index (χ1n) is 7.65. The molecular weight excluding hydrogens is 239 g/mol. The van der Waals surface area contributed by atoms with Gasteiger partial charge < -0.3 is 4.74 Å². The number of rotatable bonds is 6. The van der Waals surface area contributed by atoms with Gasteiger partial charge in [0.05, 0.1) is 6.61 Å². The minimum absolute atomic E-state index is 0.146. The second kappa shape index (κ2) is 5.52. The van der Waals surface area contributed by atoms with E-state index in [2.05, 4.69) is 6.07 Å². The highest BCUT2D eigenvalue weighted by Gasteiger charge is 2.22. The fraction of sp³-hybridized carbons (Fsp3) is 0.647. The van der Waals surface area contributed by atoms with Crippen molar-refractivity contribution in [3.63, 3.8) is 0 Å². The Morgan fingerprint density at radius 3 is 2.58 bits per heavy atom. The molecule has 0 saturated heterocycles. The first kappa shape index (κ1) is 13.0. The van der Waals surface area contributed by atoms with E-state index in [0.29, 0.717) is 12.4 Å². The molecule has 19 heavy (non-hydrogen) atoms. The van der Waals surface area contributed by atoms with Gasteiger partial charge in [0.25, 0.3) is 0 Å². The molecule has 3 rings (SSSR count). The number of benzene rings is 1. The van der Waals surface area contributed by atoms with Gasteiger partial charge in [0.2, 0.25) is 0 Å². The lowest BCUT2D eigenvalue weighted by Crippen LogP contribution is -2.14. The first-order valence-corrected chi connectivity index (χ1v) is 7.65. The standard InChI is InChI=1S/C17H23FO/c1-12-15(11-14-3-2-4-14)7-8-16(17(12)18)19-10-9-13-5-6-13/h7-8,13-14H,2-6,9-11H2,1H3. The van der Waals surface area contributed by atoms with Crippen LogP contribution in [0.5, 0.6) is 5.75 Å². The van der Waals surface area contributed by atoms with Crippen LogP contribution in [0.25, 0.3) is 0 Å². The Morgan fingerprint density at radius 2 is 1.95 bits per heavy atom. The molecule has 2 aliphatic carbocycles. The highest BCUT2D eigenvalue weighted by Crippen LogP contribution is 2.34. The van der Waals surface area contributed by atoms with E-state index in [4.69, 9.17) is 4.74 Å². The van der Waals surface area contributed by atoms with E-state index in [1.54, 1.807) is 0 Å². The van der Waals surface area contributed by atoms with Crippen molar-refractivity contribution in [1.82, 2.24) is 0 Å². The zero-order chi connectivity index (χ0) is 13.2. The summed E-state index contributed by atoms with van der Waals surface area (Å²) >= 11 is 0. The van der Waals surface area contributed by atoms with Crippen molar-refractivity contribution >= 4 is 0 Å². The number of hydrogen-bond donors (Lipinski definition) is 0. The summed E-state index contributed by atoms with van der Waals surface area (Å²) in [6.07, 6.45) is 8.71. The molecule has 0 heterocycles. The Hall–Kier alpha value is -1.05. The summed E-state index contributed by atoms with van der Waals surface area (Å²) in [5.74, 6) is 1.91. The Morgan fingerprint density at radius 1 is 1.16 bits per heavy atom. The van der Waals surface area contributed by atoms with Crippen molar-refractivity contribution in [2.45, 2.75) is 51.9 Å². The topological polar surface area (TPSA) is 9.23 Å². The summed E-state index contributed by atoms with van der Waals surface area (Å²) < 4.78 is 19.8. The van der Waals surface area contributed by atoms with E-state index in [1.807, 2.05) is 13.0 Å². The third kappa shape index (κ3) is 3.10. The third-order valence-corrected chi connectivity index (χ3v) is 4.68. The van der Waals surface area contributed by atoms with E-state index in [1.165, 1.54) is 32.1 Å². The lowest BCUT2D eigenvalue weighted by Gasteiger charge is -2.26. The zero-order valence-electron chi connectivity index (χ0n) is 11.8. The average molecular weight is 262 g/mol. The molecule has 1 aromatic carbocycles. The average Bonchev–Trinajstić information content (AvgIpc) is 3.15. The van der Waals surface area contributed by atoms with Gasteiger partial charge >= 0.3 is 0 Å². The zero-order valence-corrected chi connectivity index (χ0v) is 11.8. The van der Waals surface area contributed by atoms with Gasteiger partial charge in [-0.05, 0) is 48.8 Å². The van der Waals surface area contributed by atoms with Crippen molar-refractivity contribution in [1.29, 1.82) is 0 Å². The second-order valence-electron chi connectivity index (χ2n) is 6.24. The maximum atomic E-state index is 14.2. The fourth-order valence-corrected chi connectivity index (χ4v) is 2.78. The smallest absolute Gasteiger partial charge is 0.168 e. The molecule has 2 saturated carbocycles. The second-order valence-corrected chi connectivity index (χ2v) is 6.24. The molecule has 0 aromatic heterocycles. The van der Waals surface area contributed by atoms with Crippen molar-refractivity contribution in [3.8, 4) is 5.75 Å². The molecule has 0 spiro atoms. The summed E-state index contributed by atoms with van der Waals surface area (Å²) in [6.45, 7) is 2.54. The molecule has 0 radical (unpaired) electrons. The monoisotopic (exact) mass is 262 g/mol. The Kier molecular flexibility index (Phi) is 3.76. The number of ether oxygens (including phenoxy) is 1. The largest absolute Gasteiger partial charge is 0.490 e. The van der Waals surface area contributed by atoms with Gasteiger partial charge in [-0.2, -0.15) is 0 Å². The van der Waals surface area contributed by atoms with E-state index in [9.17, 15) is 4.39 Å². The predicted octanol–water partition coefficient (Wildman–Crippen LogP) is 4.66. The third-order valence-electron chi connectivity index (χ3n) is 4.68. The summed E-state index contributed by atoms with van der Waals surface area (Å²) in [6, 6.07) is 3.88. The summed E-state index contributed by atoms with van der Waals surface area (Å²) in [5, 5.41) is 0. The van der Waals surface area contributed by atoms with Crippen LogP contribution >= 0.6 is 0 Å². The Bertz CT molecular complexity index is 447. The van der Waals surface area contributed by atoms with Gasteiger partial charge in [-0.15, -0.1) is 0 Å². The van der Waals surface area contributed by atoms with Crippen LogP contribution in [0.2, 0.25) is 0 Å². The summed E-state index contributed by atoms with van der Waals surface area (Å²) in [4.78, 5) is 0. The quantitative estimate of drug-likeness (QED) is 0.724. The van der Waals surface area contributed by atoms with Gasteiger partial charge in [-0.25, -0.2) is 4.39 Å². The van der Waals surface area contributed by atoms with Crippen molar-refractivity contribution in [2.24, 2.45) is 11.8 Å². The normalized spacial score (nSPS) is 19.3. The number of halogens is 1. The van der Waals surface area contributed by atoms with E-state index in [-0.39, 0.29) is 5.82 Å². The molecule has 2 heteroatoms. The minimum Gasteiger partial charge on any atom is -0.490 e.